The molecule has 5 rings (SSSR count). The van der Waals surface area contributed by atoms with Gasteiger partial charge >= 0.3 is 0 Å². The number of aliphatic hydroxyl groups is 1. The number of amides is 1. The number of anilines is 1. The van der Waals surface area contributed by atoms with Gasteiger partial charge in [0, 0.05) is 11.6 Å². The van der Waals surface area contributed by atoms with Gasteiger partial charge in [-0.15, -0.1) is 0 Å². The van der Waals surface area contributed by atoms with E-state index >= 15 is 0 Å². The van der Waals surface area contributed by atoms with Gasteiger partial charge in [-0.25, -0.2) is 0 Å². The molecule has 0 spiro atoms. The van der Waals surface area contributed by atoms with Crippen LogP contribution in [0.4, 0.5) is 5.69 Å². The van der Waals surface area contributed by atoms with Crippen LogP contribution in [0.2, 0.25) is 5.02 Å². The molecule has 1 fully saturated rings. The molecule has 1 amide bonds. The summed E-state index contributed by atoms with van der Waals surface area (Å²) in [5.41, 5.74) is 1.90. The summed E-state index contributed by atoms with van der Waals surface area (Å²) >= 11 is 6.36. The van der Waals surface area contributed by atoms with E-state index in [2.05, 4.69) is 4.98 Å². The summed E-state index contributed by atoms with van der Waals surface area (Å²) < 4.78 is 5.43. The maximum Gasteiger partial charge on any atom is 0.300 e. The second-order valence-electron chi connectivity index (χ2n) is 8.25. The van der Waals surface area contributed by atoms with E-state index in [0.29, 0.717) is 11.4 Å². The number of ketones is 1. The number of carbonyl (C=O) groups excluding carboxylic acids is 2. The molecule has 1 aromatic heterocycles. The average Bonchev–Trinajstić information content (AvgIpc) is 3.13. The average molecular weight is 485 g/mol. The zero-order chi connectivity index (χ0) is 24.7. The summed E-state index contributed by atoms with van der Waals surface area (Å²) in [5.74, 6) is -1.72. The number of aromatic nitrogens is 1. The van der Waals surface area contributed by atoms with Crippen molar-refractivity contribution in [1.29, 1.82) is 0 Å². The first-order valence-electron chi connectivity index (χ1n) is 11.0. The van der Waals surface area contributed by atoms with Crippen molar-refractivity contribution in [3.05, 3.63) is 106 Å². The molecule has 4 aromatic rings. The third-order valence-corrected chi connectivity index (χ3v) is 6.37. The Morgan fingerprint density at radius 2 is 1.77 bits per heavy atom. The maximum absolute atomic E-state index is 13.5. The maximum atomic E-state index is 13.5. The van der Waals surface area contributed by atoms with E-state index in [9.17, 15) is 14.7 Å². The summed E-state index contributed by atoms with van der Waals surface area (Å²) in [6.07, 6.45) is 1.59. The minimum Gasteiger partial charge on any atom is -0.507 e. The van der Waals surface area contributed by atoms with Gasteiger partial charge in [0.1, 0.15) is 17.6 Å². The molecule has 1 aliphatic rings. The number of carbonyl (C=O) groups is 2. The lowest BCUT2D eigenvalue weighted by atomic mass is 9.96. The standard InChI is InChI=1S/C28H21ClN2O4/c1-16-14-19(27(35-2)20(29)15-16)25(32)23-24(21-11-5-6-13-30-21)31(28(34)26(23)33)22-12-7-9-17-8-3-4-10-18(17)22/h3-15,24,32H,1-2H3/b25-23+. The molecule has 1 aliphatic heterocycles. The van der Waals surface area contributed by atoms with E-state index in [1.165, 1.54) is 12.0 Å². The second kappa shape index (κ2) is 8.89. The van der Waals surface area contributed by atoms with Gasteiger partial charge in [-0.3, -0.25) is 19.5 Å². The van der Waals surface area contributed by atoms with Gasteiger partial charge in [0.2, 0.25) is 0 Å². The van der Waals surface area contributed by atoms with Crippen LogP contribution in [-0.4, -0.2) is 28.9 Å². The van der Waals surface area contributed by atoms with Crippen LogP contribution in [0.25, 0.3) is 16.5 Å². The van der Waals surface area contributed by atoms with Crippen molar-refractivity contribution < 1.29 is 19.4 Å². The lowest BCUT2D eigenvalue weighted by Crippen LogP contribution is -2.30. The van der Waals surface area contributed by atoms with Crippen molar-refractivity contribution in [3.63, 3.8) is 0 Å². The highest BCUT2D eigenvalue weighted by molar-refractivity contribution is 6.52. The highest BCUT2D eigenvalue weighted by atomic mass is 35.5. The molecule has 0 saturated carbocycles. The molecular formula is C28H21ClN2O4. The van der Waals surface area contributed by atoms with Crippen molar-refractivity contribution in [1.82, 2.24) is 4.98 Å². The van der Waals surface area contributed by atoms with E-state index in [1.54, 1.807) is 42.6 Å². The molecule has 1 saturated heterocycles. The van der Waals surface area contributed by atoms with Crippen molar-refractivity contribution >= 4 is 45.5 Å². The van der Waals surface area contributed by atoms with Gasteiger partial charge in [-0.1, -0.05) is 54.1 Å². The number of hydrogen-bond donors (Lipinski definition) is 1. The number of benzene rings is 3. The molecule has 6 nitrogen and oxygen atoms in total. The van der Waals surface area contributed by atoms with Crippen LogP contribution in [-0.2, 0) is 9.59 Å². The molecule has 7 heteroatoms. The first kappa shape index (κ1) is 22.6. The van der Waals surface area contributed by atoms with Gasteiger partial charge in [0.05, 0.1) is 34.7 Å². The number of methoxy groups -OCH3 is 1. The molecule has 174 valence electrons. The van der Waals surface area contributed by atoms with Crippen LogP contribution < -0.4 is 9.64 Å². The Labute approximate surface area is 207 Å². The van der Waals surface area contributed by atoms with Crippen LogP contribution in [0.5, 0.6) is 5.75 Å². The Kier molecular flexibility index (Phi) is 5.75. The van der Waals surface area contributed by atoms with E-state index in [0.717, 1.165) is 16.3 Å². The van der Waals surface area contributed by atoms with E-state index < -0.39 is 17.7 Å². The van der Waals surface area contributed by atoms with Crippen molar-refractivity contribution in [3.8, 4) is 5.75 Å². The van der Waals surface area contributed by atoms with E-state index in [-0.39, 0.29) is 27.7 Å². The largest absolute Gasteiger partial charge is 0.507 e. The SMILES string of the molecule is COc1c(Cl)cc(C)cc1/C(O)=C1\C(=O)C(=O)N(c2cccc3ccccc23)C1c1ccccn1. The summed E-state index contributed by atoms with van der Waals surface area (Å²) in [7, 11) is 1.43. The van der Waals surface area contributed by atoms with Crippen LogP contribution in [0.15, 0.2) is 84.6 Å². The second-order valence-corrected chi connectivity index (χ2v) is 8.66. The first-order valence-corrected chi connectivity index (χ1v) is 11.3. The number of aryl methyl sites for hydroxylation is 1. The quantitative estimate of drug-likeness (QED) is 0.224. The minimum absolute atomic E-state index is 0.0819. The normalized spacial score (nSPS) is 17.2. The topological polar surface area (TPSA) is 79.7 Å². The van der Waals surface area contributed by atoms with Crippen LogP contribution in [0.3, 0.4) is 0 Å². The van der Waals surface area contributed by atoms with Gasteiger partial charge in [0.15, 0.2) is 0 Å². The monoisotopic (exact) mass is 484 g/mol. The predicted octanol–water partition coefficient (Wildman–Crippen LogP) is 5.83. The Balaban J connectivity index is 1.81. The summed E-state index contributed by atoms with van der Waals surface area (Å²) in [6.45, 7) is 1.81. The zero-order valence-electron chi connectivity index (χ0n) is 19.0. The van der Waals surface area contributed by atoms with Crippen molar-refractivity contribution in [2.45, 2.75) is 13.0 Å². The number of Topliss-reactive ketones (excluding diaryl/α,β-unsaturated/α-hetero) is 1. The Morgan fingerprint density at radius 1 is 1.03 bits per heavy atom. The summed E-state index contributed by atoms with van der Waals surface area (Å²) in [5, 5.41) is 13.5. The number of aliphatic hydroxyl groups excluding tert-OH is 1. The summed E-state index contributed by atoms with van der Waals surface area (Å²) in [6, 6.07) is 20.8. The molecule has 1 N–H and O–H groups in total. The number of fused-ring (bicyclic) bond motifs is 1. The Bertz CT molecular complexity index is 1510. The highest BCUT2D eigenvalue weighted by Gasteiger charge is 2.48. The molecule has 0 bridgehead atoms. The predicted molar refractivity (Wildman–Crippen MR) is 136 cm³/mol. The van der Waals surface area contributed by atoms with Gasteiger partial charge in [-0.2, -0.15) is 0 Å². The Morgan fingerprint density at radius 3 is 2.51 bits per heavy atom. The Hall–Kier alpha value is -4.16. The van der Waals surface area contributed by atoms with Gasteiger partial charge < -0.3 is 9.84 Å². The third-order valence-electron chi connectivity index (χ3n) is 6.09. The fourth-order valence-corrected chi connectivity index (χ4v) is 4.93. The fourth-order valence-electron chi connectivity index (χ4n) is 4.57. The van der Waals surface area contributed by atoms with Gasteiger partial charge in [-0.05, 0) is 48.2 Å². The van der Waals surface area contributed by atoms with Crippen molar-refractivity contribution in [2.24, 2.45) is 0 Å². The molecule has 1 unspecified atom stereocenters. The van der Waals surface area contributed by atoms with Gasteiger partial charge in [0.25, 0.3) is 11.7 Å². The zero-order valence-corrected chi connectivity index (χ0v) is 19.8. The highest BCUT2D eigenvalue weighted by Crippen LogP contribution is 2.45. The minimum atomic E-state index is -0.953. The molecule has 35 heavy (non-hydrogen) atoms. The first-order chi connectivity index (χ1) is 16.9. The lowest BCUT2D eigenvalue weighted by molar-refractivity contribution is -0.132. The number of hydrogen-bond acceptors (Lipinski definition) is 5. The third kappa shape index (κ3) is 3.72. The smallest absolute Gasteiger partial charge is 0.300 e. The number of pyridine rings is 1. The number of ether oxygens (including phenoxy) is 1. The van der Waals surface area contributed by atoms with Crippen molar-refractivity contribution in [2.75, 3.05) is 12.0 Å². The fraction of sp³-hybridized carbons (Fsp3) is 0.107. The molecule has 0 radical (unpaired) electrons. The van der Waals surface area contributed by atoms with Crippen LogP contribution in [0, 0.1) is 6.92 Å². The molecular weight excluding hydrogens is 464 g/mol. The van der Waals surface area contributed by atoms with Crippen LogP contribution >= 0.6 is 11.6 Å². The number of nitrogens with zero attached hydrogens (tertiary/aromatic N) is 2. The molecule has 1 atom stereocenters. The van der Waals surface area contributed by atoms with E-state index in [4.69, 9.17) is 16.3 Å². The molecule has 0 aliphatic carbocycles. The lowest BCUT2D eigenvalue weighted by Gasteiger charge is -2.26. The molecule has 2 heterocycles. The number of rotatable bonds is 4. The molecule has 3 aromatic carbocycles. The van der Waals surface area contributed by atoms with Crippen LogP contribution in [0.1, 0.15) is 22.9 Å². The summed E-state index contributed by atoms with van der Waals surface area (Å²) in [4.78, 5) is 32.8. The number of halogens is 1. The van der Waals surface area contributed by atoms with E-state index in [1.807, 2.05) is 43.3 Å².